The van der Waals surface area contributed by atoms with Crippen molar-refractivity contribution in [3.63, 3.8) is 0 Å². The lowest BCUT2D eigenvalue weighted by molar-refractivity contribution is -0.134. The number of anilines is 1. The number of nitrogens with one attached hydrogen (secondary N) is 2. The van der Waals surface area contributed by atoms with Gasteiger partial charge in [0.1, 0.15) is 16.9 Å². The lowest BCUT2D eigenvalue weighted by Crippen LogP contribution is -2.40. The molecule has 142 valence electrons. The molecule has 0 bridgehead atoms. The van der Waals surface area contributed by atoms with Gasteiger partial charge in [-0.25, -0.2) is 0 Å². The Morgan fingerprint density at radius 2 is 1.74 bits per heavy atom. The highest BCUT2D eigenvalue weighted by Gasteiger charge is 2.56. The fourth-order valence-electron chi connectivity index (χ4n) is 2.96. The molecule has 0 aliphatic heterocycles. The maximum Gasteiger partial charge on any atom is 0.240 e. The molecule has 6 nitrogen and oxygen atoms in total. The van der Waals surface area contributed by atoms with Crippen molar-refractivity contribution < 1.29 is 19.1 Å². The molecule has 27 heavy (non-hydrogen) atoms. The van der Waals surface area contributed by atoms with Crippen LogP contribution in [0, 0.1) is 5.41 Å². The van der Waals surface area contributed by atoms with Crippen LogP contribution < -0.4 is 20.1 Å². The molecular weight excluding hydrogens is 344 g/mol. The molecule has 0 heterocycles. The van der Waals surface area contributed by atoms with Gasteiger partial charge in [-0.15, -0.1) is 0 Å². The molecule has 0 spiro atoms. The number of rotatable bonds is 8. The van der Waals surface area contributed by atoms with Crippen molar-refractivity contribution in [1.82, 2.24) is 5.32 Å². The monoisotopic (exact) mass is 368 g/mol. The van der Waals surface area contributed by atoms with Crippen molar-refractivity contribution >= 4 is 17.5 Å². The summed E-state index contributed by atoms with van der Waals surface area (Å²) in [5.41, 5.74) is 0.684. The normalized spacial score (nSPS) is 14.1. The molecule has 1 saturated carbocycles. The van der Waals surface area contributed by atoms with Crippen LogP contribution in [0.2, 0.25) is 0 Å². The number of ether oxygens (including phenoxy) is 2. The highest BCUT2D eigenvalue weighted by Crippen LogP contribution is 2.47. The smallest absolute Gasteiger partial charge is 0.240 e. The van der Waals surface area contributed by atoms with Crippen molar-refractivity contribution in [2.24, 2.45) is 5.41 Å². The maximum atomic E-state index is 12.7. The van der Waals surface area contributed by atoms with E-state index < -0.39 is 5.41 Å². The zero-order chi connectivity index (χ0) is 19.3. The highest BCUT2D eigenvalue weighted by atomic mass is 16.5. The molecule has 2 aromatic rings. The van der Waals surface area contributed by atoms with E-state index in [2.05, 4.69) is 10.6 Å². The van der Waals surface area contributed by atoms with Crippen LogP contribution in [0.25, 0.3) is 0 Å². The van der Waals surface area contributed by atoms with Crippen LogP contribution in [0.15, 0.2) is 48.5 Å². The van der Waals surface area contributed by atoms with Crippen LogP contribution >= 0.6 is 0 Å². The molecule has 1 aliphatic carbocycles. The summed E-state index contributed by atoms with van der Waals surface area (Å²) in [6.07, 6.45) is 1.83. The van der Waals surface area contributed by atoms with Crippen LogP contribution in [0.3, 0.4) is 0 Å². The van der Waals surface area contributed by atoms with E-state index in [0.29, 0.717) is 36.6 Å². The van der Waals surface area contributed by atoms with Crippen LogP contribution in [0.1, 0.15) is 18.4 Å². The van der Waals surface area contributed by atoms with Gasteiger partial charge in [0.25, 0.3) is 0 Å². The molecule has 1 fully saturated rings. The molecule has 0 radical (unpaired) electrons. The van der Waals surface area contributed by atoms with Gasteiger partial charge >= 0.3 is 0 Å². The Balaban J connectivity index is 1.60. The van der Waals surface area contributed by atoms with Crippen LogP contribution in [-0.4, -0.2) is 32.6 Å². The van der Waals surface area contributed by atoms with Gasteiger partial charge in [0, 0.05) is 12.6 Å². The SMILES string of the molecule is COc1ccc(NC(=O)C2(C(=O)NCCc3ccccc3)CC2)c(OC)c1. The summed E-state index contributed by atoms with van der Waals surface area (Å²) in [5.74, 6) is 0.596. The fraction of sp³-hybridized carbons (Fsp3) is 0.333. The van der Waals surface area contributed by atoms with Gasteiger partial charge in [-0.1, -0.05) is 30.3 Å². The van der Waals surface area contributed by atoms with Gasteiger partial charge in [-0.2, -0.15) is 0 Å². The molecule has 2 aromatic carbocycles. The van der Waals surface area contributed by atoms with Crippen LogP contribution in [-0.2, 0) is 16.0 Å². The third kappa shape index (κ3) is 4.22. The Bertz CT molecular complexity index is 816. The number of amides is 2. The van der Waals surface area contributed by atoms with Crippen LogP contribution in [0.5, 0.6) is 11.5 Å². The van der Waals surface area contributed by atoms with Crippen molar-refractivity contribution in [2.45, 2.75) is 19.3 Å². The minimum absolute atomic E-state index is 0.219. The molecule has 2 N–H and O–H groups in total. The summed E-state index contributed by atoms with van der Waals surface area (Å²) in [7, 11) is 3.08. The Labute approximate surface area is 158 Å². The topological polar surface area (TPSA) is 76.7 Å². The molecular formula is C21H24N2O4. The molecule has 6 heteroatoms. The maximum absolute atomic E-state index is 12.7. The van der Waals surface area contributed by atoms with Crippen LogP contribution in [0.4, 0.5) is 5.69 Å². The van der Waals surface area contributed by atoms with E-state index in [4.69, 9.17) is 9.47 Å². The van der Waals surface area contributed by atoms with Gasteiger partial charge in [0.2, 0.25) is 11.8 Å². The van der Waals surface area contributed by atoms with E-state index in [1.807, 2.05) is 30.3 Å². The number of hydrogen-bond donors (Lipinski definition) is 2. The standard InChI is InChI=1S/C21H24N2O4/c1-26-16-8-9-17(18(14-16)27-2)23-20(25)21(11-12-21)19(24)22-13-10-15-6-4-3-5-7-15/h3-9,14H,10-13H2,1-2H3,(H,22,24)(H,23,25). The Hall–Kier alpha value is -3.02. The number of benzene rings is 2. The Morgan fingerprint density at radius 1 is 1.00 bits per heavy atom. The molecule has 0 unspecified atom stereocenters. The van der Waals surface area contributed by atoms with Crippen molar-refractivity contribution in [3.8, 4) is 11.5 Å². The van der Waals surface area contributed by atoms with Gasteiger partial charge in [-0.05, 0) is 37.0 Å². The van der Waals surface area contributed by atoms with E-state index in [1.54, 1.807) is 25.3 Å². The predicted octanol–water partition coefficient (Wildman–Crippen LogP) is 2.78. The van der Waals surface area contributed by atoms with E-state index >= 15 is 0 Å². The van der Waals surface area contributed by atoms with Gasteiger partial charge in [-0.3, -0.25) is 9.59 Å². The minimum Gasteiger partial charge on any atom is -0.497 e. The fourth-order valence-corrected chi connectivity index (χ4v) is 2.96. The Morgan fingerprint density at radius 3 is 2.37 bits per heavy atom. The van der Waals surface area contributed by atoms with Gasteiger partial charge in [0.15, 0.2) is 0 Å². The second kappa shape index (κ2) is 8.12. The first kappa shape index (κ1) is 18.8. The summed E-state index contributed by atoms with van der Waals surface area (Å²) >= 11 is 0. The molecule has 2 amide bonds. The first-order valence-electron chi connectivity index (χ1n) is 8.95. The number of methoxy groups -OCH3 is 2. The molecule has 0 atom stereocenters. The van der Waals surface area contributed by atoms with Gasteiger partial charge < -0.3 is 20.1 Å². The van der Waals surface area contributed by atoms with E-state index in [1.165, 1.54) is 7.11 Å². The second-order valence-corrected chi connectivity index (χ2v) is 6.59. The van der Waals surface area contributed by atoms with E-state index in [-0.39, 0.29) is 11.8 Å². The van der Waals surface area contributed by atoms with E-state index in [0.717, 1.165) is 12.0 Å². The van der Waals surface area contributed by atoms with Crippen molar-refractivity contribution in [1.29, 1.82) is 0 Å². The summed E-state index contributed by atoms with van der Waals surface area (Å²) in [4.78, 5) is 25.3. The average Bonchev–Trinajstić information content (AvgIpc) is 3.51. The molecule has 0 aromatic heterocycles. The van der Waals surface area contributed by atoms with Gasteiger partial charge in [0.05, 0.1) is 19.9 Å². The second-order valence-electron chi connectivity index (χ2n) is 6.59. The number of hydrogen-bond acceptors (Lipinski definition) is 4. The molecule has 1 aliphatic rings. The average molecular weight is 368 g/mol. The third-order valence-electron chi connectivity index (χ3n) is 4.82. The number of carbonyl (C=O) groups excluding carboxylic acids is 2. The van der Waals surface area contributed by atoms with Crippen molar-refractivity contribution in [2.75, 3.05) is 26.1 Å². The predicted molar refractivity (Wildman–Crippen MR) is 103 cm³/mol. The molecule has 3 rings (SSSR count). The molecule has 0 saturated heterocycles. The van der Waals surface area contributed by atoms with Crippen molar-refractivity contribution in [3.05, 3.63) is 54.1 Å². The summed E-state index contributed by atoms with van der Waals surface area (Å²) in [5, 5.41) is 5.72. The zero-order valence-corrected chi connectivity index (χ0v) is 15.6. The zero-order valence-electron chi connectivity index (χ0n) is 15.6. The summed E-state index contributed by atoms with van der Waals surface area (Å²) in [6.45, 7) is 0.504. The third-order valence-corrected chi connectivity index (χ3v) is 4.82. The minimum atomic E-state index is -0.984. The summed E-state index contributed by atoms with van der Waals surface area (Å²) in [6, 6.07) is 15.1. The largest absolute Gasteiger partial charge is 0.497 e. The number of carbonyl (C=O) groups is 2. The summed E-state index contributed by atoms with van der Waals surface area (Å²) < 4.78 is 10.5. The first-order chi connectivity index (χ1) is 13.1. The Kier molecular flexibility index (Phi) is 5.64. The highest BCUT2D eigenvalue weighted by molar-refractivity contribution is 6.13. The lowest BCUT2D eigenvalue weighted by Gasteiger charge is -2.17. The first-order valence-corrected chi connectivity index (χ1v) is 8.95. The van der Waals surface area contributed by atoms with E-state index in [9.17, 15) is 9.59 Å². The quantitative estimate of drug-likeness (QED) is 0.703. The lowest BCUT2D eigenvalue weighted by atomic mass is 10.0.